The van der Waals surface area contributed by atoms with Crippen LogP contribution in [0.25, 0.3) is 17.0 Å². The first-order valence-electron chi connectivity index (χ1n) is 9.33. The number of nitrogens with zero attached hydrogens (tertiary/aromatic N) is 3. The van der Waals surface area contributed by atoms with E-state index >= 15 is 0 Å². The zero-order valence-electron chi connectivity index (χ0n) is 16.2. The van der Waals surface area contributed by atoms with Crippen molar-refractivity contribution >= 4 is 29.1 Å². The molecule has 9 heteroatoms. The van der Waals surface area contributed by atoms with Crippen LogP contribution in [0.3, 0.4) is 0 Å². The maximum Gasteiger partial charge on any atom is 0.252 e. The molecule has 1 amide bonds. The number of anilines is 1. The Labute approximate surface area is 176 Å². The van der Waals surface area contributed by atoms with Crippen molar-refractivity contribution in [3.8, 4) is 17.0 Å². The fourth-order valence-corrected chi connectivity index (χ4v) is 3.69. The SMILES string of the molecule is CCOc1ccc(NC(=O)CSc2nnc3[nH]c(=O)cc(-c4ccccc4)n23)cc1. The number of hydrogen-bond acceptors (Lipinski definition) is 6. The van der Waals surface area contributed by atoms with E-state index in [1.54, 1.807) is 28.7 Å². The third-order valence-corrected chi connectivity index (χ3v) is 5.16. The van der Waals surface area contributed by atoms with Crippen LogP contribution in [0.5, 0.6) is 5.75 Å². The van der Waals surface area contributed by atoms with Gasteiger partial charge < -0.3 is 10.1 Å². The minimum absolute atomic E-state index is 0.140. The van der Waals surface area contributed by atoms with E-state index in [1.807, 2.05) is 37.3 Å². The summed E-state index contributed by atoms with van der Waals surface area (Å²) in [6.45, 7) is 2.50. The Kier molecular flexibility index (Phi) is 5.80. The molecule has 0 aliphatic rings. The molecule has 2 N–H and O–H groups in total. The first kappa shape index (κ1) is 19.7. The summed E-state index contributed by atoms with van der Waals surface area (Å²) in [7, 11) is 0. The van der Waals surface area contributed by atoms with Crippen molar-refractivity contribution in [2.75, 3.05) is 17.7 Å². The number of carbonyl (C=O) groups excluding carboxylic acids is 1. The summed E-state index contributed by atoms with van der Waals surface area (Å²) >= 11 is 1.24. The molecule has 0 unspecified atom stereocenters. The smallest absolute Gasteiger partial charge is 0.252 e. The lowest BCUT2D eigenvalue weighted by molar-refractivity contribution is -0.113. The van der Waals surface area contributed by atoms with Gasteiger partial charge in [-0.25, -0.2) is 0 Å². The number of aromatic amines is 1. The minimum Gasteiger partial charge on any atom is -0.494 e. The highest BCUT2D eigenvalue weighted by molar-refractivity contribution is 7.99. The molecule has 2 heterocycles. The molecule has 0 fully saturated rings. The molecule has 4 rings (SSSR count). The maximum absolute atomic E-state index is 12.4. The van der Waals surface area contributed by atoms with E-state index in [2.05, 4.69) is 20.5 Å². The lowest BCUT2D eigenvalue weighted by Gasteiger charge is -2.08. The molecule has 0 aliphatic carbocycles. The summed E-state index contributed by atoms with van der Waals surface area (Å²) in [4.78, 5) is 27.1. The minimum atomic E-state index is -0.265. The van der Waals surface area contributed by atoms with Gasteiger partial charge in [0, 0.05) is 11.8 Å². The summed E-state index contributed by atoms with van der Waals surface area (Å²) in [5.41, 5.74) is 1.94. The third-order valence-electron chi connectivity index (χ3n) is 4.23. The third kappa shape index (κ3) is 4.36. The van der Waals surface area contributed by atoms with Crippen molar-refractivity contribution < 1.29 is 9.53 Å². The molecule has 0 aliphatic heterocycles. The van der Waals surface area contributed by atoms with E-state index < -0.39 is 0 Å². The zero-order valence-corrected chi connectivity index (χ0v) is 17.0. The normalized spacial score (nSPS) is 10.8. The monoisotopic (exact) mass is 421 g/mol. The van der Waals surface area contributed by atoms with E-state index in [4.69, 9.17) is 4.74 Å². The molecule has 0 saturated heterocycles. The van der Waals surface area contributed by atoms with Crippen LogP contribution >= 0.6 is 11.8 Å². The Bertz CT molecular complexity index is 1220. The lowest BCUT2D eigenvalue weighted by Crippen LogP contribution is -2.14. The van der Waals surface area contributed by atoms with E-state index in [-0.39, 0.29) is 17.2 Å². The van der Waals surface area contributed by atoms with Crippen molar-refractivity contribution in [2.24, 2.45) is 0 Å². The summed E-state index contributed by atoms with van der Waals surface area (Å²) < 4.78 is 7.14. The number of carbonyl (C=O) groups is 1. The maximum atomic E-state index is 12.4. The Morgan fingerprint density at radius 2 is 1.90 bits per heavy atom. The second-order valence-electron chi connectivity index (χ2n) is 6.32. The highest BCUT2D eigenvalue weighted by Crippen LogP contribution is 2.24. The number of nitrogens with one attached hydrogen (secondary N) is 2. The number of ether oxygens (including phenoxy) is 1. The van der Waals surface area contributed by atoms with Gasteiger partial charge in [0.25, 0.3) is 5.56 Å². The molecule has 0 atom stereocenters. The van der Waals surface area contributed by atoms with Gasteiger partial charge in [-0.2, -0.15) is 0 Å². The largest absolute Gasteiger partial charge is 0.494 e. The van der Waals surface area contributed by atoms with Crippen molar-refractivity contribution in [1.29, 1.82) is 0 Å². The van der Waals surface area contributed by atoms with E-state index in [0.717, 1.165) is 11.3 Å². The van der Waals surface area contributed by atoms with Crippen LogP contribution in [0.1, 0.15) is 6.92 Å². The molecule has 4 aromatic rings. The molecule has 2 aromatic heterocycles. The molecule has 152 valence electrons. The Morgan fingerprint density at radius 3 is 2.63 bits per heavy atom. The van der Waals surface area contributed by atoms with Gasteiger partial charge in [-0.05, 0) is 36.8 Å². The van der Waals surface area contributed by atoms with E-state index in [9.17, 15) is 9.59 Å². The molecule has 30 heavy (non-hydrogen) atoms. The highest BCUT2D eigenvalue weighted by Gasteiger charge is 2.15. The highest BCUT2D eigenvalue weighted by atomic mass is 32.2. The average molecular weight is 421 g/mol. The molecule has 8 nitrogen and oxygen atoms in total. The van der Waals surface area contributed by atoms with Gasteiger partial charge in [0.2, 0.25) is 11.7 Å². The number of hydrogen-bond donors (Lipinski definition) is 2. The van der Waals surface area contributed by atoms with Gasteiger partial charge in [0.1, 0.15) is 5.75 Å². The number of benzene rings is 2. The first-order valence-corrected chi connectivity index (χ1v) is 10.3. The van der Waals surface area contributed by atoms with Gasteiger partial charge in [0.15, 0.2) is 5.16 Å². The average Bonchev–Trinajstić information content (AvgIpc) is 3.16. The lowest BCUT2D eigenvalue weighted by atomic mass is 10.1. The predicted octanol–water partition coefficient (Wildman–Crippen LogP) is 3.21. The number of amides is 1. The summed E-state index contributed by atoms with van der Waals surface area (Å²) in [6, 6.07) is 18.2. The second kappa shape index (κ2) is 8.83. The van der Waals surface area contributed by atoms with Crippen LogP contribution in [0.2, 0.25) is 0 Å². The first-order chi connectivity index (χ1) is 14.6. The molecule has 2 aromatic carbocycles. The molecule has 0 spiro atoms. The Hall–Kier alpha value is -3.59. The summed E-state index contributed by atoms with van der Waals surface area (Å²) in [6.07, 6.45) is 0. The quantitative estimate of drug-likeness (QED) is 0.444. The zero-order chi connectivity index (χ0) is 20.9. The topological polar surface area (TPSA) is 101 Å². The number of aromatic nitrogens is 4. The molecular weight excluding hydrogens is 402 g/mol. The Balaban J connectivity index is 1.51. The molecule has 0 radical (unpaired) electrons. The van der Waals surface area contributed by atoms with Crippen LogP contribution in [-0.2, 0) is 4.79 Å². The second-order valence-corrected chi connectivity index (χ2v) is 7.26. The van der Waals surface area contributed by atoms with E-state index in [1.165, 1.54) is 17.8 Å². The van der Waals surface area contributed by atoms with Gasteiger partial charge in [-0.3, -0.25) is 19.0 Å². The fraction of sp³-hybridized carbons (Fsp3) is 0.143. The van der Waals surface area contributed by atoms with Gasteiger partial charge in [-0.1, -0.05) is 42.1 Å². The number of thioether (sulfide) groups is 1. The Morgan fingerprint density at radius 1 is 1.13 bits per heavy atom. The van der Waals surface area contributed by atoms with Crippen molar-refractivity contribution in [3.63, 3.8) is 0 Å². The number of H-pyrrole nitrogens is 1. The van der Waals surface area contributed by atoms with Crippen LogP contribution < -0.4 is 15.6 Å². The fourth-order valence-electron chi connectivity index (χ4n) is 2.95. The van der Waals surface area contributed by atoms with Gasteiger partial charge in [-0.15, -0.1) is 10.2 Å². The van der Waals surface area contributed by atoms with Crippen molar-refractivity contribution in [1.82, 2.24) is 19.6 Å². The van der Waals surface area contributed by atoms with Gasteiger partial charge >= 0.3 is 0 Å². The van der Waals surface area contributed by atoms with E-state index in [0.29, 0.717) is 28.9 Å². The standard InChI is InChI=1S/C21H19N5O3S/c1-2-29-16-10-8-15(9-11-16)22-19(28)13-30-21-25-24-20-23-18(27)12-17(26(20)21)14-6-4-3-5-7-14/h3-12H,2,13H2,1H3,(H,22,28)(H,23,24,27). The van der Waals surface area contributed by atoms with Crippen LogP contribution in [0, 0.1) is 0 Å². The number of rotatable bonds is 7. The molecule has 0 saturated carbocycles. The molecular formula is C21H19N5O3S. The summed E-state index contributed by atoms with van der Waals surface area (Å²) in [5, 5.41) is 11.6. The van der Waals surface area contributed by atoms with Crippen molar-refractivity contribution in [2.45, 2.75) is 12.1 Å². The van der Waals surface area contributed by atoms with Gasteiger partial charge in [0.05, 0.1) is 18.1 Å². The summed E-state index contributed by atoms with van der Waals surface area (Å²) in [5.74, 6) is 1.05. The van der Waals surface area contributed by atoms with Crippen LogP contribution in [0.4, 0.5) is 5.69 Å². The van der Waals surface area contributed by atoms with Crippen LogP contribution in [-0.4, -0.2) is 37.8 Å². The predicted molar refractivity (Wildman–Crippen MR) is 116 cm³/mol. The van der Waals surface area contributed by atoms with Crippen LogP contribution in [0.15, 0.2) is 70.6 Å². The molecule has 0 bridgehead atoms. The number of fused-ring (bicyclic) bond motifs is 1. The van der Waals surface area contributed by atoms with Crippen molar-refractivity contribution in [3.05, 3.63) is 71.0 Å².